The number of para-hydroxylation sites is 1. The highest BCUT2D eigenvalue weighted by molar-refractivity contribution is 8.13. The predicted molar refractivity (Wildman–Crippen MR) is 63.8 cm³/mol. The van der Waals surface area contributed by atoms with Gasteiger partial charge in [-0.15, -0.1) is 10.2 Å². The lowest BCUT2D eigenvalue weighted by atomic mass is 9.87. The van der Waals surface area contributed by atoms with Crippen LogP contribution in [-0.2, 0) is 5.41 Å². The van der Waals surface area contributed by atoms with Gasteiger partial charge >= 0.3 is 0 Å². The van der Waals surface area contributed by atoms with Gasteiger partial charge in [0.1, 0.15) is 7.05 Å². The highest BCUT2D eigenvalue weighted by Gasteiger charge is 2.43. The predicted octanol–water partition coefficient (Wildman–Crippen LogP) is -1.74. The van der Waals surface area contributed by atoms with Crippen LogP contribution in [0.4, 0.5) is 5.69 Å². The molecule has 0 aromatic heterocycles. The van der Waals surface area contributed by atoms with Gasteiger partial charge in [0.15, 0.2) is 0 Å². The van der Waals surface area contributed by atoms with E-state index in [1.807, 2.05) is 11.8 Å². The number of thioether (sulfide) groups is 1. The largest absolute Gasteiger partial charge is 0.226 e. The molecule has 0 spiro atoms. The maximum Gasteiger partial charge on any atom is 0.226 e. The highest BCUT2D eigenvalue weighted by atomic mass is 35.7. The van der Waals surface area contributed by atoms with E-state index in [1.54, 1.807) is 0 Å². The van der Waals surface area contributed by atoms with Crippen molar-refractivity contribution in [1.82, 2.24) is 0 Å². The van der Waals surface area contributed by atoms with Gasteiger partial charge in [0.05, 0.1) is 5.41 Å². The molecule has 1 aliphatic rings. The summed E-state index contributed by atoms with van der Waals surface area (Å²) < 4.78 is 36.3. The summed E-state index contributed by atoms with van der Waals surface area (Å²) in [5.41, 5.74) is 2.96. The average molecular weight is 306 g/mol. The van der Waals surface area contributed by atoms with E-state index in [0.29, 0.717) is 0 Å². The maximum atomic E-state index is 8.49. The third kappa shape index (κ3) is 3.92. The van der Waals surface area contributed by atoms with Gasteiger partial charge in [-0.1, -0.05) is 30.0 Å². The molecule has 0 radical (unpaired) electrons. The zero-order valence-corrected chi connectivity index (χ0v) is 12.7. The molecule has 0 N–H and O–H groups in total. The lowest BCUT2D eigenvalue weighted by Crippen LogP contribution is -2.68. The lowest BCUT2D eigenvalue weighted by Gasteiger charge is -2.17. The second-order valence-corrected chi connectivity index (χ2v) is 6.14. The van der Waals surface area contributed by atoms with Gasteiger partial charge < -0.3 is 0 Å². The molecule has 0 aliphatic carbocycles. The molecule has 1 heterocycles. The second-order valence-electron chi connectivity index (χ2n) is 4.59. The monoisotopic (exact) mass is 305 g/mol. The zero-order chi connectivity index (χ0) is 14.8. The van der Waals surface area contributed by atoms with Crippen LogP contribution in [0, 0.1) is 10.2 Å². The molecule has 0 unspecified atom stereocenters. The summed E-state index contributed by atoms with van der Waals surface area (Å²) in [6.07, 6.45) is 2.15. The van der Waals surface area contributed by atoms with Crippen molar-refractivity contribution >= 4 is 22.5 Å². The molecule has 1 aromatic rings. The van der Waals surface area contributed by atoms with E-state index in [-0.39, 0.29) is 5.41 Å². The third-order valence-corrected chi connectivity index (χ3v) is 4.14. The van der Waals surface area contributed by atoms with Crippen molar-refractivity contribution in [2.45, 2.75) is 19.3 Å². The molecule has 0 amide bonds. The molecule has 1 aliphatic heterocycles. The second kappa shape index (κ2) is 5.78. The van der Waals surface area contributed by atoms with Gasteiger partial charge in [0, 0.05) is 11.6 Å². The smallest absolute Gasteiger partial charge is 0.222 e. The van der Waals surface area contributed by atoms with Crippen LogP contribution in [0.2, 0.25) is 0 Å². The molecular formula is C12H16ClNO4S. The summed E-state index contributed by atoms with van der Waals surface area (Å²) >= 11 is 1.85. The summed E-state index contributed by atoms with van der Waals surface area (Å²) in [6.45, 7) is 4.59. The summed E-state index contributed by atoms with van der Waals surface area (Å²) in [6, 6.07) is 8.65. The molecule has 0 bridgehead atoms. The van der Waals surface area contributed by atoms with E-state index in [4.69, 9.17) is 18.6 Å². The molecule has 0 fully saturated rings. The van der Waals surface area contributed by atoms with Crippen LogP contribution in [0.3, 0.4) is 0 Å². The van der Waals surface area contributed by atoms with E-state index < -0.39 is 10.2 Å². The van der Waals surface area contributed by atoms with Gasteiger partial charge in [0.2, 0.25) is 10.7 Å². The van der Waals surface area contributed by atoms with Gasteiger partial charge in [-0.3, -0.25) is 0 Å². The molecule has 5 nitrogen and oxygen atoms in total. The van der Waals surface area contributed by atoms with Crippen LogP contribution >= 0.6 is 11.8 Å². The number of benzene rings is 1. The minimum Gasteiger partial charge on any atom is -0.222 e. The van der Waals surface area contributed by atoms with E-state index in [2.05, 4.69) is 56.0 Å². The fourth-order valence-electron chi connectivity index (χ4n) is 2.33. The van der Waals surface area contributed by atoms with Crippen LogP contribution in [-0.4, -0.2) is 22.9 Å². The summed E-state index contributed by atoms with van der Waals surface area (Å²) in [7, 11) is -2.79. The topological polar surface area (TPSA) is 95.2 Å². The standard InChI is InChI=1S/C12H16NS.ClHO4/c1-12(2)9-7-5-6-8-10(9)13(3)11(12)14-4;2-1(3,4)5/h5-8H,1-4H3;(H,2,3,4,5)/q+1;/p-1. The lowest BCUT2D eigenvalue weighted by molar-refractivity contribution is -2.00. The van der Waals surface area contributed by atoms with Gasteiger partial charge in [-0.05, 0) is 20.1 Å². The molecule has 0 atom stereocenters. The Morgan fingerprint density at radius 1 is 1.11 bits per heavy atom. The zero-order valence-electron chi connectivity index (χ0n) is 11.2. The number of fused-ring (bicyclic) bond motifs is 1. The van der Waals surface area contributed by atoms with Gasteiger partial charge in [-0.25, -0.2) is 18.6 Å². The average Bonchev–Trinajstić information content (AvgIpc) is 2.45. The number of rotatable bonds is 0. The first kappa shape index (κ1) is 16.4. The quantitative estimate of drug-likeness (QED) is 0.530. The molecule has 0 saturated carbocycles. The van der Waals surface area contributed by atoms with E-state index >= 15 is 0 Å². The molecule has 19 heavy (non-hydrogen) atoms. The van der Waals surface area contributed by atoms with Crippen LogP contribution in [0.15, 0.2) is 24.3 Å². The van der Waals surface area contributed by atoms with Crippen molar-refractivity contribution in [3.63, 3.8) is 0 Å². The van der Waals surface area contributed by atoms with Crippen molar-refractivity contribution in [2.24, 2.45) is 0 Å². The van der Waals surface area contributed by atoms with Crippen molar-refractivity contribution in [2.75, 3.05) is 13.3 Å². The first-order valence-electron chi connectivity index (χ1n) is 5.45. The minimum absolute atomic E-state index is 0.171. The Kier molecular flexibility index (Phi) is 5.00. The normalized spacial score (nSPS) is 16.8. The van der Waals surface area contributed by atoms with Gasteiger partial charge in [0.25, 0.3) is 0 Å². The summed E-state index contributed by atoms with van der Waals surface area (Å²) in [4.78, 5) is 0. The number of hydrogen-bond donors (Lipinski definition) is 0. The van der Waals surface area contributed by atoms with Crippen LogP contribution < -0.4 is 18.6 Å². The fraction of sp³-hybridized carbons (Fsp3) is 0.417. The number of nitrogens with zero attached hydrogens (tertiary/aromatic N) is 1. The van der Waals surface area contributed by atoms with Crippen molar-refractivity contribution in [3.8, 4) is 0 Å². The van der Waals surface area contributed by atoms with Crippen LogP contribution in [0.5, 0.6) is 0 Å². The summed E-state index contributed by atoms with van der Waals surface area (Å²) in [5, 5.41) is 1.43. The Hall–Kier alpha value is -0.630. The van der Waals surface area contributed by atoms with Crippen molar-refractivity contribution in [1.29, 1.82) is 0 Å². The molecular weight excluding hydrogens is 290 g/mol. The van der Waals surface area contributed by atoms with E-state index in [0.717, 1.165) is 0 Å². The Morgan fingerprint density at radius 3 is 2.00 bits per heavy atom. The first-order valence-corrected chi connectivity index (χ1v) is 7.91. The fourth-order valence-corrected chi connectivity index (χ4v) is 3.32. The maximum absolute atomic E-state index is 8.49. The third-order valence-electron chi connectivity index (χ3n) is 2.97. The SMILES string of the molecule is CSC1=[N+](C)c2ccccc2C1(C)C.[O-][Cl+3]([O-])([O-])[O-]. The first-order chi connectivity index (χ1) is 8.59. The van der Waals surface area contributed by atoms with Gasteiger partial charge in [-0.2, -0.15) is 4.58 Å². The van der Waals surface area contributed by atoms with Crippen molar-refractivity contribution < 1.29 is 33.5 Å². The Morgan fingerprint density at radius 2 is 1.58 bits per heavy atom. The van der Waals surface area contributed by atoms with Crippen molar-refractivity contribution in [3.05, 3.63) is 29.8 Å². The van der Waals surface area contributed by atoms with Crippen LogP contribution in [0.25, 0.3) is 0 Å². The number of hydrogen-bond acceptors (Lipinski definition) is 5. The molecule has 1 aromatic carbocycles. The number of halogens is 1. The highest BCUT2D eigenvalue weighted by Crippen LogP contribution is 2.41. The van der Waals surface area contributed by atoms with Crippen LogP contribution in [0.1, 0.15) is 19.4 Å². The molecule has 7 heteroatoms. The Bertz CT molecular complexity index is 491. The Labute approximate surface area is 118 Å². The molecule has 2 rings (SSSR count). The molecule has 0 saturated heterocycles. The Balaban J connectivity index is 0.000000312. The minimum atomic E-state index is -4.94. The van der Waals surface area contributed by atoms with E-state index in [9.17, 15) is 0 Å². The van der Waals surface area contributed by atoms with E-state index in [1.165, 1.54) is 16.3 Å². The summed E-state index contributed by atoms with van der Waals surface area (Å²) in [5.74, 6) is 0. The molecule has 106 valence electrons.